The number of rotatable bonds is 6. The highest BCUT2D eigenvalue weighted by molar-refractivity contribution is 7.89. The van der Waals surface area contributed by atoms with Gasteiger partial charge in [-0.1, -0.05) is 0 Å². The second-order valence-electron chi connectivity index (χ2n) is 7.28. The van der Waals surface area contributed by atoms with E-state index in [4.69, 9.17) is 9.47 Å². The molecule has 1 N–H and O–H groups in total. The summed E-state index contributed by atoms with van der Waals surface area (Å²) < 4.78 is 78.4. The number of carbonyl (C=O) groups is 1. The molecule has 0 bridgehead atoms. The number of hydrogen-bond donors (Lipinski definition) is 1. The van der Waals surface area contributed by atoms with Crippen LogP contribution in [0, 0.1) is 5.82 Å². The number of hydrogen-bond acceptors (Lipinski definition) is 8. The number of sulfonamides is 2. The zero-order valence-corrected chi connectivity index (χ0v) is 19.8. The van der Waals surface area contributed by atoms with Gasteiger partial charge in [-0.05, 0) is 24.3 Å². The maximum atomic E-state index is 14.4. The zero-order chi connectivity index (χ0) is 23.6. The van der Waals surface area contributed by atoms with E-state index in [9.17, 15) is 26.0 Å². The number of thiophene rings is 1. The molecule has 0 saturated carbocycles. The molecule has 1 aromatic heterocycles. The Morgan fingerprint density at radius 3 is 2.00 bits per heavy atom. The number of amides is 1. The molecule has 1 amide bonds. The van der Waals surface area contributed by atoms with E-state index in [2.05, 4.69) is 5.32 Å². The van der Waals surface area contributed by atoms with Gasteiger partial charge in [-0.2, -0.15) is 8.61 Å². The number of halogens is 1. The molecule has 1 aromatic carbocycles. The molecule has 14 heteroatoms. The van der Waals surface area contributed by atoms with Crippen LogP contribution in [0.3, 0.4) is 0 Å². The summed E-state index contributed by atoms with van der Waals surface area (Å²) in [6.45, 7) is 1.90. The molecule has 0 radical (unpaired) electrons. The van der Waals surface area contributed by atoms with Crippen molar-refractivity contribution in [1.29, 1.82) is 0 Å². The Hall–Kier alpha value is -1.94. The van der Waals surface area contributed by atoms with Crippen molar-refractivity contribution in [2.45, 2.75) is 9.79 Å². The first-order chi connectivity index (χ1) is 15.7. The highest BCUT2D eigenvalue weighted by Crippen LogP contribution is 2.27. The third kappa shape index (κ3) is 5.11. The maximum Gasteiger partial charge on any atom is 0.265 e. The molecule has 3 heterocycles. The van der Waals surface area contributed by atoms with Crippen LogP contribution in [-0.4, -0.2) is 84.0 Å². The lowest BCUT2D eigenvalue weighted by atomic mass is 10.3. The van der Waals surface area contributed by atoms with Crippen molar-refractivity contribution in [2.24, 2.45) is 0 Å². The predicted octanol–water partition coefficient (Wildman–Crippen LogP) is 1.18. The molecule has 2 fully saturated rings. The number of nitrogens with zero attached hydrogens (tertiary/aromatic N) is 2. The number of ether oxygens (including phenoxy) is 2. The second-order valence-corrected chi connectivity index (χ2v) is 12.1. The molecule has 0 atom stereocenters. The summed E-state index contributed by atoms with van der Waals surface area (Å²) in [4.78, 5) is 12.5. The minimum Gasteiger partial charge on any atom is -0.379 e. The molecule has 33 heavy (non-hydrogen) atoms. The van der Waals surface area contributed by atoms with Gasteiger partial charge in [0.15, 0.2) is 0 Å². The van der Waals surface area contributed by atoms with Gasteiger partial charge in [-0.25, -0.2) is 21.2 Å². The van der Waals surface area contributed by atoms with Gasteiger partial charge in [-0.15, -0.1) is 11.3 Å². The average molecular weight is 520 g/mol. The Morgan fingerprint density at radius 2 is 1.42 bits per heavy atom. The molecule has 2 aliphatic rings. The Kier molecular flexibility index (Phi) is 7.14. The third-order valence-electron chi connectivity index (χ3n) is 5.20. The van der Waals surface area contributed by atoms with Crippen LogP contribution in [0.15, 0.2) is 39.4 Å². The van der Waals surface area contributed by atoms with Crippen LogP contribution < -0.4 is 5.32 Å². The number of morpholine rings is 2. The van der Waals surface area contributed by atoms with E-state index in [0.29, 0.717) is 13.2 Å². The van der Waals surface area contributed by atoms with Crippen LogP contribution in [-0.2, 0) is 29.5 Å². The van der Waals surface area contributed by atoms with Gasteiger partial charge in [0.25, 0.3) is 5.91 Å². The first-order valence-corrected chi connectivity index (χ1v) is 13.8. The molecular formula is C19H22FN3O7S3. The van der Waals surface area contributed by atoms with Gasteiger partial charge in [-0.3, -0.25) is 4.79 Å². The minimum absolute atomic E-state index is 0.0383. The predicted molar refractivity (Wildman–Crippen MR) is 118 cm³/mol. The van der Waals surface area contributed by atoms with Crippen LogP contribution in [0.4, 0.5) is 10.1 Å². The van der Waals surface area contributed by atoms with Crippen molar-refractivity contribution in [3.8, 4) is 0 Å². The molecule has 2 aromatic rings. The number of nitrogens with one attached hydrogen (secondary N) is 1. The van der Waals surface area contributed by atoms with Crippen LogP contribution in [0.5, 0.6) is 0 Å². The van der Waals surface area contributed by atoms with E-state index in [1.165, 1.54) is 20.1 Å². The molecule has 10 nitrogen and oxygen atoms in total. The SMILES string of the molecule is O=C(Nc1cc(S(=O)(=O)N2CCOCC2)ccc1F)c1cc(S(=O)(=O)N2CCOCC2)cs1. The van der Waals surface area contributed by atoms with E-state index in [1.807, 2.05) is 0 Å². The second kappa shape index (κ2) is 9.74. The van der Waals surface area contributed by atoms with Crippen molar-refractivity contribution in [3.63, 3.8) is 0 Å². The summed E-state index contributed by atoms with van der Waals surface area (Å²) in [5.74, 6) is -1.56. The molecular weight excluding hydrogens is 497 g/mol. The zero-order valence-electron chi connectivity index (χ0n) is 17.4. The fraction of sp³-hybridized carbons (Fsp3) is 0.421. The number of carbonyl (C=O) groups excluding carboxylic acids is 1. The third-order valence-corrected chi connectivity index (χ3v) is 10.1. The van der Waals surface area contributed by atoms with Gasteiger partial charge >= 0.3 is 0 Å². The van der Waals surface area contributed by atoms with Crippen molar-refractivity contribution >= 4 is 43.0 Å². The quantitative estimate of drug-likeness (QED) is 0.608. The maximum absolute atomic E-state index is 14.4. The van der Waals surface area contributed by atoms with Gasteiger partial charge in [0.1, 0.15) is 5.82 Å². The van der Waals surface area contributed by atoms with E-state index < -0.39 is 31.8 Å². The van der Waals surface area contributed by atoms with E-state index >= 15 is 0 Å². The Morgan fingerprint density at radius 1 is 0.879 bits per heavy atom. The highest BCUT2D eigenvalue weighted by atomic mass is 32.2. The largest absolute Gasteiger partial charge is 0.379 e. The monoisotopic (exact) mass is 519 g/mol. The van der Waals surface area contributed by atoms with Crippen molar-refractivity contribution in [2.75, 3.05) is 57.9 Å². The topological polar surface area (TPSA) is 122 Å². The standard InChI is InChI=1S/C19H22FN3O7S3/c20-16-2-1-14(32(25,26)22-3-7-29-8-4-22)11-17(16)21-19(24)18-12-15(13-31-18)33(27,28)23-5-9-30-10-6-23/h1-2,11-13H,3-10H2,(H,21,24). The highest BCUT2D eigenvalue weighted by Gasteiger charge is 2.29. The summed E-state index contributed by atoms with van der Waals surface area (Å²) in [7, 11) is -7.67. The van der Waals surface area contributed by atoms with Crippen molar-refractivity contribution < 1.29 is 35.5 Å². The molecule has 2 saturated heterocycles. The lowest BCUT2D eigenvalue weighted by Crippen LogP contribution is -2.40. The van der Waals surface area contributed by atoms with E-state index in [0.717, 1.165) is 29.5 Å². The Bertz CT molecular complexity index is 1240. The molecule has 0 aliphatic carbocycles. The minimum atomic E-state index is -3.89. The van der Waals surface area contributed by atoms with Crippen LogP contribution in [0.25, 0.3) is 0 Å². The van der Waals surface area contributed by atoms with Crippen molar-refractivity contribution in [1.82, 2.24) is 8.61 Å². The van der Waals surface area contributed by atoms with Gasteiger partial charge in [0.2, 0.25) is 20.0 Å². The normalized spacial score (nSPS) is 18.8. The van der Waals surface area contributed by atoms with Gasteiger partial charge < -0.3 is 14.8 Å². The fourth-order valence-electron chi connectivity index (χ4n) is 3.39. The summed E-state index contributed by atoms with van der Waals surface area (Å²) in [6, 6.07) is 4.37. The average Bonchev–Trinajstić information content (AvgIpc) is 3.33. The lowest BCUT2D eigenvalue weighted by Gasteiger charge is -2.26. The first kappa shape index (κ1) is 24.2. The van der Waals surface area contributed by atoms with Crippen molar-refractivity contribution in [3.05, 3.63) is 40.3 Å². The summed E-state index contributed by atoms with van der Waals surface area (Å²) in [5, 5.41) is 3.69. The Balaban J connectivity index is 1.53. The van der Waals surface area contributed by atoms with E-state index in [-0.39, 0.29) is 59.7 Å². The number of anilines is 1. The van der Waals surface area contributed by atoms with Gasteiger partial charge in [0.05, 0.1) is 46.8 Å². The van der Waals surface area contributed by atoms with Crippen LogP contribution in [0.1, 0.15) is 9.67 Å². The molecule has 0 spiro atoms. The van der Waals surface area contributed by atoms with Gasteiger partial charge in [0, 0.05) is 31.6 Å². The molecule has 2 aliphatic heterocycles. The summed E-state index contributed by atoms with van der Waals surface area (Å²) >= 11 is 0.894. The Labute approximate surface area is 195 Å². The molecule has 180 valence electrons. The van der Waals surface area contributed by atoms with E-state index in [1.54, 1.807) is 0 Å². The van der Waals surface area contributed by atoms with Crippen LogP contribution in [0.2, 0.25) is 0 Å². The fourth-order valence-corrected chi connectivity index (χ4v) is 7.39. The number of benzene rings is 1. The lowest BCUT2D eigenvalue weighted by molar-refractivity contribution is 0.0730. The molecule has 4 rings (SSSR count). The molecule has 0 unspecified atom stereocenters. The van der Waals surface area contributed by atoms with Crippen LogP contribution >= 0.6 is 11.3 Å². The summed E-state index contributed by atoms with van der Waals surface area (Å²) in [6.07, 6.45) is 0. The smallest absolute Gasteiger partial charge is 0.265 e. The summed E-state index contributed by atoms with van der Waals surface area (Å²) in [5.41, 5.74) is -0.319. The first-order valence-electron chi connectivity index (χ1n) is 10.0.